The number of rotatable bonds is 8. The smallest absolute Gasteiger partial charge is 0.260 e. The molecule has 1 aliphatic heterocycles. The molecule has 1 heterocycles. The third-order valence-corrected chi connectivity index (χ3v) is 5.48. The van der Waals surface area contributed by atoms with E-state index in [9.17, 15) is 9.59 Å². The molecule has 1 fully saturated rings. The SMILES string of the molecule is COc1cc(/C=C/C(=O)N2CCN(C(=O)COc3ccc(Cl)cc3)CC2)cc(OC)c1OC. The van der Waals surface area contributed by atoms with E-state index in [1.807, 2.05) is 0 Å². The van der Waals surface area contributed by atoms with Gasteiger partial charge in [-0.15, -0.1) is 0 Å². The van der Waals surface area contributed by atoms with E-state index in [4.69, 9.17) is 30.5 Å². The first-order chi connectivity index (χ1) is 15.9. The number of hydrogen-bond acceptors (Lipinski definition) is 6. The van der Waals surface area contributed by atoms with E-state index in [2.05, 4.69) is 0 Å². The van der Waals surface area contributed by atoms with Crippen molar-refractivity contribution in [2.24, 2.45) is 0 Å². The van der Waals surface area contributed by atoms with E-state index >= 15 is 0 Å². The number of halogens is 1. The summed E-state index contributed by atoms with van der Waals surface area (Å²) < 4.78 is 21.5. The van der Waals surface area contributed by atoms with Gasteiger partial charge in [0.1, 0.15) is 5.75 Å². The van der Waals surface area contributed by atoms with E-state index < -0.39 is 0 Å². The Morgan fingerprint density at radius 2 is 1.48 bits per heavy atom. The highest BCUT2D eigenvalue weighted by atomic mass is 35.5. The molecule has 176 valence electrons. The lowest BCUT2D eigenvalue weighted by atomic mass is 10.1. The molecule has 2 amide bonds. The Bertz CT molecular complexity index is 976. The Labute approximate surface area is 198 Å². The van der Waals surface area contributed by atoms with Gasteiger partial charge in [0.2, 0.25) is 11.7 Å². The maximum Gasteiger partial charge on any atom is 0.260 e. The Hall–Kier alpha value is -3.39. The molecule has 1 aliphatic rings. The van der Waals surface area contributed by atoms with Gasteiger partial charge < -0.3 is 28.7 Å². The third kappa shape index (κ3) is 6.32. The average Bonchev–Trinajstić information content (AvgIpc) is 2.86. The third-order valence-electron chi connectivity index (χ3n) is 5.23. The number of methoxy groups -OCH3 is 3. The number of benzene rings is 2. The molecule has 0 bridgehead atoms. The molecule has 0 aromatic heterocycles. The highest BCUT2D eigenvalue weighted by Crippen LogP contribution is 2.38. The molecule has 3 rings (SSSR count). The standard InChI is InChI=1S/C24H27ClN2O6/c1-30-20-14-17(15-21(31-2)24(20)32-3)4-9-22(28)26-10-12-27(13-11-26)23(29)16-33-19-7-5-18(25)6-8-19/h4-9,14-15H,10-13,16H2,1-3H3/b9-4+. The molecule has 0 saturated carbocycles. The van der Waals surface area contributed by atoms with Crippen molar-refractivity contribution in [3.8, 4) is 23.0 Å². The van der Waals surface area contributed by atoms with Crippen LogP contribution in [0.4, 0.5) is 0 Å². The number of nitrogens with zero attached hydrogens (tertiary/aromatic N) is 2. The summed E-state index contributed by atoms with van der Waals surface area (Å²) >= 11 is 5.85. The van der Waals surface area contributed by atoms with Crippen molar-refractivity contribution in [2.75, 3.05) is 54.1 Å². The zero-order chi connectivity index (χ0) is 23.8. The molecule has 2 aromatic rings. The molecule has 9 heteroatoms. The molecule has 2 aromatic carbocycles. The largest absolute Gasteiger partial charge is 0.493 e. The van der Waals surface area contributed by atoms with E-state index in [1.54, 1.807) is 52.3 Å². The van der Waals surface area contributed by atoms with Crippen LogP contribution in [0, 0.1) is 0 Å². The quantitative estimate of drug-likeness (QED) is 0.547. The van der Waals surface area contributed by atoms with E-state index in [1.165, 1.54) is 27.4 Å². The molecule has 8 nitrogen and oxygen atoms in total. The van der Waals surface area contributed by atoms with Gasteiger partial charge in [-0.25, -0.2) is 0 Å². The summed E-state index contributed by atoms with van der Waals surface area (Å²) in [5.41, 5.74) is 0.742. The minimum absolute atomic E-state index is 0.0589. The molecule has 33 heavy (non-hydrogen) atoms. The van der Waals surface area contributed by atoms with Crippen LogP contribution in [0.15, 0.2) is 42.5 Å². The van der Waals surface area contributed by atoms with Crippen molar-refractivity contribution in [3.63, 3.8) is 0 Å². The van der Waals surface area contributed by atoms with Crippen molar-refractivity contribution in [1.82, 2.24) is 9.80 Å². The highest BCUT2D eigenvalue weighted by molar-refractivity contribution is 6.30. The van der Waals surface area contributed by atoms with Crippen molar-refractivity contribution in [2.45, 2.75) is 0 Å². The van der Waals surface area contributed by atoms with Crippen LogP contribution in [0.1, 0.15) is 5.56 Å². The minimum Gasteiger partial charge on any atom is -0.493 e. The number of piperazine rings is 1. The van der Waals surface area contributed by atoms with Gasteiger partial charge in [0.15, 0.2) is 18.1 Å². The Morgan fingerprint density at radius 3 is 2.03 bits per heavy atom. The van der Waals surface area contributed by atoms with Gasteiger partial charge in [0.25, 0.3) is 5.91 Å². The topological polar surface area (TPSA) is 77.5 Å². The first kappa shape index (κ1) is 24.3. The van der Waals surface area contributed by atoms with Crippen molar-refractivity contribution in [1.29, 1.82) is 0 Å². The van der Waals surface area contributed by atoms with Crippen LogP contribution in [0.2, 0.25) is 5.02 Å². The fraction of sp³-hybridized carbons (Fsp3) is 0.333. The fourth-order valence-electron chi connectivity index (χ4n) is 3.41. The van der Waals surface area contributed by atoms with Crippen LogP contribution in [0.5, 0.6) is 23.0 Å². The van der Waals surface area contributed by atoms with Crippen LogP contribution < -0.4 is 18.9 Å². The number of hydrogen-bond donors (Lipinski definition) is 0. The Balaban J connectivity index is 1.52. The monoisotopic (exact) mass is 474 g/mol. The van der Waals surface area contributed by atoms with Gasteiger partial charge in [0.05, 0.1) is 21.3 Å². The number of ether oxygens (including phenoxy) is 4. The van der Waals surface area contributed by atoms with Gasteiger partial charge in [-0.1, -0.05) is 11.6 Å². The number of amides is 2. The Morgan fingerprint density at radius 1 is 0.909 bits per heavy atom. The first-order valence-electron chi connectivity index (χ1n) is 10.4. The van der Waals surface area contributed by atoms with Gasteiger partial charge >= 0.3 is 0 Å². The number of carbonyl (C=O) groups excluding carboxylic acids is 2. The normalized spacial score (nSPS) is 13.7. The van der Waals surface area contributed by atoms with Crippen molar-refractivity contribution < 1.29 is 28.5 Å². The van der Waals surface area contributed by atoms with Gasteiger partial charge in [-0.05, 0) is 48.0 Å². The van der Waals surface area contributed by atoms with E-state index in [0.717, 1.165) is 5.56 Å². The summed E-state index contributed by atoms with van der Waals surface area (Å²) in [6, 6.07) is 10.4. The second-order valence-corrected chi connectivity index (χ2v) is 7.68. The van der Waals surface area contributed by atoms with Crippen LogP contribution in [0.3, 0.4) is 0 Å². The van der Waals surface area contributed by atoms with Crippen molar-refractivity contribution >= 4 is 29.5 Å². The summed E-state index contributed by atoms with van der Waals surface area (Å²) in [7, 11) is 4.61. The molecular weight excluding hydrogens is 448 g/mol. The lowest BCUT2D eigenvalue weighted by Gasteiger charge is -2.34. The maximum atomic E-state index is 12.6. The van der Waals surface area contributed by atoms with E-state index in [-0.39, 0.29) is 18.4 Å². The summed E-state index contributed by atoms with van der Waals surface area (Å²) in [6.07, 6.45) is 3.20. The second kappa shape index (κ2) is 11.5. The predicted octanol–water partition coefficient (Wildman–Crippen LogP) is 3.13. The van der Waals surface area contributed by atoms with E-state index in [0.29, 0.717) is 54.2 Å². The summed E-state index contributed by atoms with van der Waals surface area (Å²) in [6.45, 7) is 1.74. The van der Waals surface area contributed by atoms with Crippen LogP contribution in [0.25, 0.3) is 6.08 Å². The van der Waals surface area contributed by atoms with Gasteiger partial charge in [-0.2, -0.15) is 0 Å². The van der Waals surface area contributed by atoms with Crippen molar-refractivity contribution in [3.05, 3.63) is 53.1 Å². The zero-order valence-corrected chi connectivity index (χ0v) is 19.6. The molecule has 0 unspecified atom stereocenters. The fourth-order valence-corrected chi connectivity index (χ4v) is 3.54. The second-order valence-electron chi connectivity index (χ2n) is 7.24. The molecule has 0 atom stereocenters. The minimum atomic E-state index is -0.131. The van der Waals surface area contributed by atoms with Gasteiger partial charge in [0, 0.05) is 37.3 Å². The molecule has 1 saturated heterocycles. The average molecular weight is 475 g/mol. The Kier molecular flexibility index (Phi) is 8.43. The number of carbonyl (C=O) groups is 2. The maximum absolute atomic E-state index is 12.6. The zero-order valence-electron chi connectivity index (χ0n) is 18.9. The first-order valence-corrected chi connectivity index (χ1v) is 10.8. The highest BCUT2D eigenvalue weighted by Gasteiger charge is 2.23. The lowest BCUT2D eigenvalue weighted by molar-refractivity contribution is -0.138. The van der Waals surface area contributed by atoms with Crippen LogP contribution in [-0.2, 0) is 9.59 Å². The van der Waals surface area contributed by atoms with Gasteiger partial charge in [-0.3, -0.25) is 9.59 Å². The van der Waals surface area contributed by atoms with Crippen LogP contribution in [-0.4, -0.2) is 75.7 Å². The molecule has 0 N–H and O–H groups in total. The lowest BCUT2D eigenvalue weighted by Crippen LogP contribution is -2.51. The molecule has 0 spiro atoms. The molecular formula is C24H27ClN2O6. The molecule has 0 radical (unpaired) electrons. The molecule has 0 aliphatic carbocycles. The summed E-state index contributed by atoms with van der Waals surface area (Å²) in [5.74, 6) is 1.84. The summed E-state index contributed by atoms with van der Waals surface area (Å²) in [5, 5.41) is 0.605. The predicted molar refractivity (Wildman–Crippen MR) is 125 cm³/mol. The van der Waals surface area contributed by atoms with Crippen LogP contribution >= 0.6 is 11.6 Å². The summed E-state index contributed by atoms with van der Waals surface area (Å²) in [4.78, 5) is 28.5.